The molecule has 0 saturated carbocycles. The molecule has 1 aliphatic carbocycles. The summed E-state index contributed by atoms with van der Waals surface area (Å²) in [5.74, 6) is 4.05. The molecule has 0 bridgehead atoms. The lowest BCUT2D eigenvalue weighted by atomic mass is 9.89. The molecule has 2 aromatic carbocycles. The Hall–Kier alpha value is -4.96. The maximum absolute atomic E-state index is 15.2. The van der Waals surface area contributed by atoms with Crippen molar-refractivity contribution in [2.24, 2.45) is 0 Å². The van der Waals surface area contributed by atoms with E-state index in [2.05, 4.69) is 31.6 Å². The molecular weight excluding hydrogens is 499 g/mol. The van der Waals surface area contributed by atoms with Crippen molar-refractivity contribution in [3.05, 3.63) is 114 Å². The number of hydrogen-bond acceptors (Lipinski definition) is 6. The van der Waals surface area contributed by atoms with Gasteiger partial charge in [0.1, 0.15) is 23.4 Å². The van der Waals surface area contributed by atoms with Crippen LogP contribution in [0.25, 0.3) is 5.57 Å². The van der Waals surface area contributed by atoms with E-state index in [9.17, 15) is 14.4 Å². The molecule has 0 aliphatic heterocycles. The van der Waals surface area contributed by atoms with Gasteiger partial charge in [-0.1, -0.05) is 43.7 Å². The minimum absolute atomic E-state index is 0.00436. The van der Waals surface area contributed by atoms with Crippen LogP contribution in [0.1, 0.15) is 38.3 Å². The van der Waals surface area contributed by atoms with Crippen LogP contribution in [0, 0.1) is 11.8 Å². The average Bonchev–Trinajstić information content (AvgIpc) is 2.89. The van der Waals surface area contributed by atoms with Gasteiger partial charge in [-0.2, -0.15) is 0 Å². The molecule has 198 valence electrons. The molecular formula is C32H27FO6. The van der Waals surface area contributed by atoms with Crippen molar-refractivity contribution < 1.29 is 33.0 Å². The van der Waals surface area contributed by atoms with E-state index < -0.39 is 29.8 Å². The smallest absolute Gasteiger partial charge is 0.338 e. The Kier molecular flexibility index (Phi) is 9.19. The first-order valence-corrected chi connectivity index (χ1v) is 11.9. The SMILES string of the molecule is C=C(C)C(=O)Oc1ccc(C#CC2=C(F)C=C(c3ccc(OC(=O)C(=C)C)cc3)C(OC(=O)C(=C)C)C2)cc1. The van der Waals surface area contributed by atoms with Gasteiger partial charge in [-0.15, -0.1) is 0 Å². The Morgan fingerprint density at radius 3 is 1.74 bits per heavy atom. The Bertz CT molecular complexity index is 1480. The average molecular weight is 527 g/mol. The number of carbonyl (C=O) groups excluding carboxylic acids is 3. The summed E-state index contributed by atoms with van der Waals surface area (Å²) >= 11 is 0. The van der Waals surface area contributed by atoms with Crippen LogP contribution < -0.4 is 9.47 Å². The lowest BCUT2D eigenvalue weighted by molar-refractivity contribution is -0.141. The Balaban J connectivity index is 1.88. The molecule has 1 aliphatic rings. The fourth-order valence-electron chi connectivity index (χ4n) is 3.28. The number of carbonyl (C=O) groups is 3. The van der Waals surface area contributed by atoms with E-state index in [0.29, 0.717) is 28.2 Å². The molecule has 0 saturated heterocycles. The zero-order valence-electron chi connectivity index (χ0n) is 21.9. The van der Waals surface area contributed by atoms with Crippen LogP contribution in [0.5, 0.6) is 11.5 Å². The van der Waals surface area contributed by atoms with Crippen LogP contribution in [0.3, 0.4) is 0 Å². The number of allylic oxidation sites excluding steroid dienone is 2. The second kappa shape index (κ2) is 12.5. The second-order valence-corrected chi connectivity index (χ2v) is 8.94. The van der Waals surface area contributed by atoms with Gasteiger partial charge in [0.05, 0.1) is 0 Å². The summed E-state index contributed by atoms with van der Waals surface area (Å²) in [5, 5.41) is 0. The first kappa shape index (κ1) is 28.6. The Morgan fingerprint density at radius 1 is 0.769 bits per heavy atom. The molecule has 39 heavy (non-hydrogen) atoms. The van der Waals surface area contributed by atoms with Gasteiger partial charge in [0.25, 0.3) is 0 Å². The van der Waals surface area contributed by atoms with Crippen molar-refractivity contribution in [2.75, 3.05) is 0 Å². The van der Waals surface area contributed by atoms with Gasteiger partial charge in [0.2, 0.25) is 0 Å². The van der Waals surface area contributed by atoms with Crippen LogP contribution in [0.15, 0.2) is 102 Å². The lowest BCUT2D eigenvalue weighted by Gasteiger charge is -2.25. The van der Waals surface area contributed by atoms with E-state index >= 15 is 4.39 Å². The molecule has 2 aromatic rings. The van der Waals surface area contributed by atoms with Crippen molar-refractivity contribution >= 4 is 23.5 Å². The van der Waals surface area contributed by atoms with E-state index in [1.165, 1.54) is 19.9 Å². The monoisotopic (exact) mass is 526 g/mol. The molecule has 0 aromatic heterocycles. The Labute approximate surface area is 226 Å². The summed E-state index contributed by atoms with van der Waals surface area (Å²) in [7, 11) is 0. The van der Waals surface area contributed by atoms with Gasteiger partial charge in [-0.3, -0.25) is 0 Å². The largest absolute Gasteiger partial charge is 0.454 e. The number of halogens is 1. The van der Waals surface area contributed by atoms with Crippen molar-refractivity contribution in [3.8, 4) is 23.3 Å². The predicted octanol–water partition coefficient (Wildman–Crippen LogP) is 6.20. The molecule has 0 heterocycles. The first-order valence-electron chi connectivity index (χ1n) is 11.9. The van der Waals surface area contributed by atoms with Gasteiger partial charge in [0.15, 0.2) is 0 Å². The zero-order valence-corrected chi connectivity index (χ0v) is 21.9. The number of hydrogen-bond donors (Lipinski definition) is 0. The third-order valence-electron chi connectivity index (χ3n) is 5.42. The van der Waals surface area contributed by atoms with Gasteiger partial charge in [-0.05, 0) is 68.8 Å². The molecule has 0 fully saturated rings. The summed E-state index contributed by atoms with van der Waals surface area (Å²) in [6.07, 6.45) is 0.453. The number of esters is 3. The molecule has 1 unspecified atom stereocenters. The van der Waals surface area contributed by atoms with E-state index in [-0.39, 0.29) is 28.7 Å². The number of ether oxygens (including phenoxy) is 3. The van der Waals surface area contributed by atoms with Crippen molar-refractivity contribution in [2.45, 2.75) is 33.3 Å². The summed E-state index contributed by atoms with van der Waals surface area (Å²) in [6.45, 7) is 15.3. The number of rotatable bonds is 7. The van der Waals surface area contributed by atoms with E-state index in [1.54, 1.807) is 55.5 Å². The highest BCUT2D eigenvalue weighted by Gasteiger charge is 2.28. The molecule has 0 N–H and O–H groups in total. The third-order valence-corrected chi connectivity index (χ3v) is 5.42. The standard InChI is InChI=1S/C32H27FO6/c1-19(2)30(34)37-25-13-8-22(9-14-25)7-10-24-17-29(39-32(36)21(5)6)27(18-28(24)33)23-11-15-26(16-12-23)38-31(35)20(3)4/h8-9,11-16,18,29H,1,3,5,17H2,2,4,6H3. The summed E-state index contributed by atoms with van der Waals surface area (Å²) in [4.78, 5) is 35.8. The van der Waals surface area contributed by atoms with Gasteiger partial charge in [-0.25, -0.2) is 18.8 Å². The topological polar surface area (TPSA) is 78.9 Å². The maximum Gasteiger partial charge on any atom is 0.338 e. The first-order chi connectivity index (χ1) is 18.4. The molecule has 0 radical (unpaired) electrons. The minimum Gasteiger partial charge on any atom is -0.454 e. The normalized spacial score (nSPS) is 14.3. The fourth-order valence-corrected chi connectivity index (χ4v) is 3.28. The number of benzene rings is 2. The Morgan fingerprint density at radius 2 is 1.26 bits per heavy atom. The molecule has 0 spiro atoms. The highest BCUT2D eigenvalue weighted by Crippen LogP contribution is 2.34. The van der Waals surface area contributed by atoms with Crippen molar-refractivity contribution in [3.63, 3.8) is 0 Å². The molecule has 0 amide bonds. The van der Waals surface area contributed by atoms with E-state index in [4.69, 9.17) is 14.2 Å². The lowest BCUT2D eigenvalue weighted by Crippen LogP contribution is -2.23. The van der Waals surface area contributed by atoms with Crippen LogP contribution >= 0.6 is 0 Å². The molecule has 7 heteroatoms. The van der Waals surface area contributed by atoms with Gasteiger partial charge in [0, 0.05) is 39.8 Å². The molecule has 1 atom stereocenters. The molecule has 3 rings (SSSR count). The highest BCUT2D eigenvalue weighted by molar-refractivity contribution is 5.90. The predicted molar refractivity (Wildman–Crippen MR) is 146 cm³/mol. The van der Waals surface area contributed by atoms with Crippen molar-refractivity contribution in [1.29, 1.82) is 0 Å². The van der Waals surface area contributed by atoms with E-state index in [1.807, 2.05) is 0 Å². The summed E-state index contributed by atoms with van der Waals surface area (Å²) in [5.41, 5.74) is 2.45. The van der Waals surface area contributed by atoms with Gasteiger partial charge < -0.3 is 14.2 Å². The van der Waals surface area contributed by atoms with Crippen LogP contribution in [0.2, 0.25) is 0 Å². The van der Waals surface area contributed by atoms with Crippen LogP contribution in [-0.2, 0) is 19.1 Å². The van der Waals surface area contributed by atoms with E-state index in [0.717, 1.165) is 0 Å². The highest BCUT2D eigenvalue weighted by atomic mass is 19.1. The third kappa shape index (κ3) is 7.76. The second-order valence-electron chi connectivity index (χ2n) is 8.94. The van der Waals surface area contributed by atoms with Crippen LogP contribution in [0.4, 0.5) is 4.39 Å². The summed E-state index contributed by atoms with van der Waals surface area (Å²) in [6, 6.07) is 12.8. The van der Waals surface area contributed by atoms with Gasteiger partial charge >= 0.3 is 17.9 Å². The summed E-state index contributed by atoms with van der Waals surface area (Å²) < 4.78 is 31.2. The quantitative estimate of drug-likeness (QED) is 0.185. The zero-order chi connectivity index (χ0) is 28.7. The maximum atomic E-state index is 15.2. The minimum atomic E-state index is -0.828. The van der Waals surface area contributed by atoms with Crippen LogP contribution in [-0.4, -0.2) is 24.0 Å². The fraction of sp³-hybridized carbons (Fsp3) is 0.156. The molecule has 6 nitrogen and oxygen atoms in total. The van der Waals surface area contributed by atoms with Crippen molar-refractivity contribution in [1.82, 2.24) is 0 Å².